The molecule has 1 aromatic heterocycles. The first-order valence-electron chi connectivity index (χ1n) is 3.75. The molecule has 0 bridgehead atoms. The Morgan fingerprint density at radius 1 is 1.46 bits per heavy atom. The summed E-state index contributed by atoms with van der Waals surface area (Å²) in [5, 5.41) is 1.51. The van der Waals surface area contributed by atoms with E-state index in [1.165, 1.54) is 11.6 Å². The van der Waals surface area contributed by atoms with Gasteiger partial charge in [0.15, 0.2) is 0 Å². The Labute approximate surface area is 82.2 Å². The standard InChI is InChI=1S/C7H12N2O2S2/c1-7(2,3)9-13(10,11)6-4-8-12-5-6/h4-5,9H,1-3H3. The number of hydrogen-bond donors (Lipinski definition) is 1. The second kappa shape index (κ2) is 3.36. The van der Waals surface area contributed by atoms with E-state index in [1.807, 2.05) is 0 Å². The molecule has 0 saturated heterocycles. The van der Waals surface area contributed by atoms with Gasteiger partial charge in [-0.15, -0.1) is 0 Å². The third kappa shape index (κ3) is 3.06. The highest BCUT2D eigenvalue weighted by atomic mass is 32.2. The van der Waals surface area contributed by atoms with Crippen molar-refractivity contribution in [2.75, 3.05) is 0 Å². The van der Waals surface area contributed by atoms with Gasteiger partial charge in [-0.1, -0.05) is 0 Å². The van der Waals surface area contributed by atoms with E-state index in [0.717, 1.165) is 11.5 Å². The Morgan fingerprint density at radius 2 is 2.08 bits per heavy atom. The van der Waals surface area contributed by atoms with Gasteiger partial charge in [0, 0.05) is 10.9 Å². The van der Waals surface area contributed by atoms with E-state index in [1.54, 1.807) is 20.8 Å². The molecule has 0 aromatic carbocycles. The zero-order chi connectivity index (χ0) is 10.1. The maximum atomic E-state index is 11.6. The summed E-state index contributed by atoms with van der Waals surface area (Å²) in [4.78, 5) is 0.229. The molecule has 0 radical (unpaired) electrons. The molecule has 74 valence electrons. The van der Waals surface area contributed by atoms with Crippen LogP contribution in [0.15, 0.2) is 16.5 Å². The van der Waals surface area contributed by atoms with E-state index in [2.05, 4.69) is 9.10 Å². The number of aromatic nitrogens is 1. The Bertz CT molecular complexity index is 362. The summed E-state index contributed by atoms with van der Waals surface area (Å²) in [5.74, 6) is 0. The second-order valence-electron chi connectivity index (χ2n) is 3.72. The van der Waals surface area contributed by atoms with Crippen LogP contribution in [0.25, 0.3) is 0 Å². The van der Waals surface area contributed by atoms with Crippen LogP contribution in [0.4, 0.5) is 0 Å². The van der Waals surface area contributed by atoms with Crippen molar-refractivity contribution in [2.45, 2.75) is 31.2 Å². The SMILES string of the molecule is CC(C)(C)NS(=O)(=O)c1cnsc1. The molecule has 1 heterocycles. The largest absolute Gasteiger partial charge is 0.243 e. The molecule has 0 aliphatic rings. The average Bonchev–Trinajstić information content (AvgIpc) is 2.29. The van der Waals surface area contributed by atoms with Gasteiger partial charge in [0.25, 0.3) is 0 Å². The summed E-state index contributed by atoms with van der Waals surface area (Å²) < 4.78 is 29.4. The molecule has 0 fully saturated rings. The quantitative estimate of drug-likeness (QED) is 0.815. The predicted molar refractivity (Wildman–Crippen MR) is 52.2 cm³/mol. The summed E-state index contributed by atoms with van der Waals surface area (Å²) in [6.45, 7) is 5.39. The van der Waals surface area contributed by atoms with Crippen LogP contribution < -0.4 is 4.72 Å². The topological polar surface area (TPSA) is 59.1 Å². The molecular formula is C7H12N2O2S2. The lowest BCUT2D eigenvalue weighted by atomic mass is 10.1. The van der Waals surface area contributed by atoms with Crippen LogP contribution in [-0.4, -0.2) is 18.3 Å². The fourth-order valence-electron chi connectivity index (χ4n) is 0.790. The molecule has 0 saturated carbocycles. The molecule has 6 heteroatoms. The summed E-state index contributed by atoms with van der Waals surface area (Å²) in [5.41, 5.74) is -0.458. The van der Waals surface area contributed by atoms with Crippen molar-refractivity contribution in [3.8, 4) is 0 Å². The monoisotopic (exact) mass is 220 g/mol. The van der Waals surface area contributed by atoms with Gasteiger partial charge in [-0.2, -0.15) is 4.37 Å². The zero-order valence-corrected chi connectivity index (χ0v) is 9.37. The van der Waals surface area contributed by atoms with Crippen LogP contribution in [0.2, 0.25) is 0 Å². The van der Waals surface area contributed by atoms with E-state index >= 15 is 0 Å². The maximum Gasteiger partial charge on any atom is 0.243 e. The van der Waals surface area contributed by atoms with Crippen molar-refractivity contribution < 1.29 is 8.42 Å². The zero-order valence-electron chi connectivity index (χ0n) is 7.73. The van der Waals surface area contributed by atoms with Crippen molar-refractivity contribution in [2.24, 2.45) is 0 Å². The van der Waals surface area contributed by atoms with Gasteiger partial charge >= 0.3 is 0 Å². The first kappa shape index (κ1) is 10.6. The van der Waals surface area contributed by atoms with Crippen LogP contribution in [-0.2, 0) is 10.0 Å². The van der Waals surface area contributed by atoms with Crippen LogP contribution in [0.3, 0.4) is 0 Å². The van der Waals surface area contributed by atoms with Crippen LogP contribution >= 0.6 is 11.5 Å². The van der Waals surface area contributed by atoms with Crippen LogP contribution in [0, 0.1) is 0 Å². The number of sulfonamides is 1. The summed E-state index contributed by atoms with van der Waals surface area (Å²) in [6.07, 6.45) is 1.35. The molecule has 0 amide bonds. The Morgan fingerprint density at radius 3 is 2.46 bits per heavy atom. The third-order valence-corrected chi connectivity index (χ3v) is 3.62. The molecule has 1 N–H and O–H groups in total. The number of nitrogens with zero attached hydrogens (tertiary/aromatic N) is 1. The molecule has 13 heavy (non-hydrogen) atoms. The highest BCUT2D eigenvalue weighted by Gasteiger charge is 2.22. The molecule has 4 nitrogen and oxygen atoms in total. The van der Waals surface area contributed by atoms with Crippen LogP contribution in [0.5, 0.6) is 0 Å². The van der Waals surface area contributed by atoms with Crippen molar-refractivity contribution in [3.63, 3.8) is 0 Å². The molecule has 0 aliphatic carbocycles. The fourth-order valence-corrected chi connectivity index (χ4v) is 3.01. The summed E-state index contributed by atoms with van der Waals surface area (Å²) >= 11 is 1.12. The molecule has 0 unspecified atom stereocenters. The minimum absolute atomic E-state index is 0.229. The minimum atomic E-state index is -3.38. The molecule has 0 aliphatic heterocycles. The average molecular weight is 220 g/mol. The lowest BCUT2D eigenvalue weighted by molar-refractivity contribution is 0.491. The van der Waals surface area contributed by atoms with E-state index in [4.69, 9.17) is 0 Å². The van der Waals surface area contributed by atoms with E-state index < -0.39 is 15.6 Å². The molecule has 0 spiro atoms. The van der Waals surface area contributed by atoms with Crippen LogP contribution in [0.1, 0.15) is 20.8 Å². The maximum absolute atomic E-state index is 11.6. The minimum Gasteiger partial charge on any atom is -0.207 e. The molecule has 1 aromatic rings. The molecule has 1 rings (SSSR count). The van der Waals surface area contributed by atoms with Gasteiger partial charge < -0.3 is 0 Å². The molecular weight excluding hydrogens is 208 g/mol. The normalized spacial score (nSPS) is 13.2. The van der Waals surface area contributed by atoms with Gasteiger partial charge in [0.1, 0.15) is 4.90 Å². The van der Waals surface area contributed by atoms with E-state index in [0.29, 0.717) is 0 Å². The summed E-state index contributed by atoms with van der Waals surface area (Å²) in [6, 6.07) is 0. The highest BCUT2D eigenvalue weighted by molar-refractivity contribution is 7.89. The van der Waals surface area contributed by atoms with Crippen molar-refractivity contribution in [1.29, 1.82) is 0 Å². The Hall–Kier alpha value is -0.460. The number of hydrogen-bond acceptors (Lipinski definition) is 4. The van der Waals surface area contributed by atoms with Gasteiger partial charge in [-0.05, 0) is 32.3 Å². The third-order valence-electron chi connectivity index (χ3n) is 1.16. The van der Waals surface area contributed by atoms with Gasteiger partial charge in [0.2, 0.25) is 10.0 Å². The summed E-state index contributed by atoms with van der Waals surface area (Å²) in [7, 11) is -3.38. The van der Waals surface area contributed by atoms with Crippen molar-refractivity contribution in [3.05, 3.63) is 11.6 Å². The first-order valence-corrected chi connectivity index (χ1v) is 6.07. The lowest BCUT2D eigenvalue weighted by Gasteiger charge is -2.19. The highest BCUT2D eigenvalue weighted by Crippen LogP contribution is 2.13. The van der Waals surface area contributed by atoms with Crippen molar-refractivity contribution >= 4 is 21.6 Å². The van der Waals surface area contributed by atoms with Gasteiger partial charge in [-0.25, -0.2) is 13.1 Å². The lowest BCUT2D eigenvalue weighted by Crippen LogP contribution is -2.40. The Kier molecular flexibility index (Phi) is 2.74. The van der Waals surface area contributed by atoms with E-state index in [9.17, 15) is 8.42 Å². The Balaban J connectivity index is 2.93. The van der Waals surface area contributed by atoms with Crippen molar-refractivity contribution in [1.82, 2.24) is 9.10 Å². The molecule has 0 atom stereocenters. The predicted octanol–water partition coefficient (Wildman–Crippen LogP) is 1.22. The van der Waals surface area contributed by atoms with E-state index in [-0.39, 0.29) is 4.90 Å². The van der Waals surface area contributed by atoms with Gasteiger partial charge in [-0.3, -0.25) is 0 Å². The smallest absolute Gasteiger partial charge is 0.207 e. The fraction of sp³-hybridized carbons (Fsp3) is 0.571. The first-order chi connectivity index (χ1) is 5.81. The van der Waals surface area contributed by atoms with Gasteiger partial charge in [0.05, 0.1) is 6.20 Å². The second-order valence-corrected chi connectivity index (χ2v) is 6.06. The number of rotatable bonds is 2. The number of nitrogens with one attached hydrogen (secondary N) is 1.